The lowest BCUT2D eigenvalue weighted by Crippen LogP contribution is -2.35. The Hall–Kier alpha value is -1.92. The second-order valence-electron chi connectivity index (χ2n) is 10.7. The molecule has 250 valence electrons. The standard InChI is InChI=1S/C12H18N2.C8H18N2.C8H16N2.7CH4/c1-8-6-11-12(7-9(8)2)14(5)10(3)13(11)4;2*1-6-7(2)10(5)8(3)9(6)4;;;;;;;/h6-7,10H,1-5H3;6-8H,1-5H3;8H,1-5H3;7*1H4. The molecule has 3 aliphatic heterocycles. The number of nitrogens with zero attached hydrogens (tertiary/aromatic N) is 6. The molecule has 2 unspecified atom stereocenters. The Labute approximate surface area is 262 Å². The first-order valence-electron chi connectivity index (χ1n) is 12.8. The van der Waals surface area contributed by atoms with E-state index in [9.17, 15) is 0 Å². The Balaban J connectivity index is -0.000000105. The topological polar surface area (TPSA) is 19.4 Å². The third kappa shape index (κ3) is 10.1. The highest BCUT2D eigenvalue weighted by atomic mass is 15.4. The molecule has 0 bridgehead atoms. The van der Waals surface area contributed by atoms with E-state index < -0.39 is 0 Å². The van der Waals surface area contributed by atoms with Gasteiger partial charge in [-0.25, -0.2) is 0 Å². The first kappa shape index (κ1) is 51.8. The van der Waals surface area contributed by atoms with Crippen molar-refractivity contribution in [3.63, 3.8) is 0 Å². The van der Waals surface area contributed by atoms with Gasteiger partial charge in [0.2, 0.25) is 0 Å². The number of hydrogen-bond acceptors (Lipinski definition) is 6. The van der Waals surface area contributed by atoms with E-state index in [2.05, 4.69) is 146 Å². The number of likely N-dealkylation sites (N-methyl/N-ethyl adjacent to an activating group) is 2. The van der Waals surface area contributed by atoms with Crippen LogP contribution in [0.4, 0.5) is 11.4 Å². The average Bonchev–Trinajstić information content (AvgIpc) is 3.20. The Morgan fingerprint density at radius 2 is 0.659 bits per heavy atom. The first-order chi connectivity index (χ1) is 15.6. The molecule has 41 heavy (non-hydrogen) atoms. The summed E-state index contributed by atoms with van der Waals surface area (Å²) in [6, 6.07) is 5.95. The van der Waals surface area contributed by atoms with Crippen molar-refractivity contribution in [2.75, 3.05) is 52.1 Å². The minimum Gasteiger partial charge on any atom is -0.357 e. The second kappa shape index (κ2) is 20.1. The predicted octanol–water partition coefficient (Wildman–Crippen LogP) is 9.44. The molecular formula is C35H80N6. The maximum Gasteiger partial charge on any atom is 0.0982 e. The van der Waals surface area contributed by atoms with Gasteiger partial charge in [-0.15, -0.1) is 0 Å². The van der Waals surface area contributed by atoms with Gasteiger partial charge in [0, 0.05) is 51.7 Å². The number of benzene rings is 1. The van der Waals surface area contributed by atoms with Crippen LogP contribution < -0.4 is 9.80 Å². The molecule has 1 saturated heterocycles. The lowest BCUT2D eigenvalue weighted by atomic mass is 10.1. The largest absolute Gasteiger partial charge is 0.357 e. The summed E-state index contributed by atoms with van der Waals surface area (Å²) < 4.78 is 0. The van der Waals surface area contributed by atoms with Crippen LogP contribution in [0.3, 0.4) is 0 Å². The summed E-state index contributed by atoms with van der Waals surface area (Å²) in [6.07, 6.45) is 1.59. The Bertz CT molecular complexity index is 784. The summed E-state index contributed by atoms with van der Waals surface area (Å²) in [5, 5.41) is 0. The lowest BCUT2D eigenvalue weighted by molar-refractivity contribution is 0.185. The van der Waals surface area contributed by atoms with Crippen molar-refractivity contribution in [2.45, 2.75) is 145 Å². The zero-order valence-electron chi connectivity index (χ0n) is 24.7. The SMILES string of the molecule is C.C.C.C.C.C.C.CC1=C(C)N(C)C(C)N1C.CC1C(C)N(C)C(C)N1C.Cc1cc2c(cc1C)N(C)C(C)N2C. The summed E-state index contributed by atoms with van der Waals surface area (Å²) in [4.78, 5) is 14.0. The van der Waals surface area contributed by atoms with Crippen LogP contribution in [0.5, 0.6) is 0 Å². The number of fused-ring (bicyclic) bond motifs is 1. The monoisotopic (exact) mass is 585 g/mol. The molecule has 0 N–H and O–H groups in total. The quantitative estimate of drug-likeness (QED) is 0.300. The third-order valence-electron chi connectivity index (χ3n) is 9.34. The van der Waals surface area contributed by atoms with E-state index in [1.54, 1.807) is 0 Å². The Kier molecular flexibility index (Phi) is 25.3. The summed E-state index contributed by atoms with van der Waals surface area (Å²) >= 11 is 0. The summed E-state index contributed by atoms with van der Waals surface area (Å²) in [6.45, 7) is 19.9. The minimum absolute atomic E-state index is 0. The number of rotatable bonds is 0. The van der Waals surface area contributed by atoms with Crippen LogP contribution in [0.1, 0.15) is 112 Å². The number of aryl methyl sites for hydroxylation is 2. The molecule has 0 saturated carbocycles. The van der Waals surface area contributed by atoms with Crippen molar-refractivity contribution in [3.8, 4) is 0 Å². The van der Waals surface area contributed by atoms with Crippen molar-refractivity contribution < 1.29 is 0 Å². The van der Waals surface area contributed by atoms with Crippen molar-refractivity contribution in [1.82, 2.24) is 19.6 Å². The smallest absolute Gasteiger partial charge is 0.0982 e. The van der Waals surface area contributed by atoms with Gasteiger partial charge in [-0.3, -0.25) is 9.80 Å². The van der Waals surface area contributed by atoms with Crippen molar-refractivity contribution in [2.24, 2.45) is 0 Å². The van der Waals surface area contributed by atoms with E-state index in [-0.39, 0.29) is 52.0 Å². The van der Waals surface area contributed by atoms with Crippen LogP contribution in [0.2, 0.25) is 0 Å². The van der Waals surface area contributed by atoms with E-state index in [4.69, 9.17) is 0 Å². The van der Waals surface area contributed by atoms with Gasteiger partial charge >= 0.3 is 0 Å². The van der Waals surface area contributed by atoms with Crippen molar-refractivity contribution in [3.05, 3.63) is 34.7 Å². The van der Waals surface area contributed by atoms with Gasteiger partial charge in [-0.2, -0.15) is 0 Å². The number of anilines is 2. The fraction of sp³-hybridized carbons (Fsp3) is 0.771. The highest BCUT2D eigenvalue weighted by molar-refractivity contribution is 5.78. The van der Waals surface area contributed by atoms with Crippen molar-refractivity contribution in [1.29, 1.82) is 0 Å². The molecule has 1 aromatic rings. The molecule has 1 aromatic carbocycles. The number of allylic oxidation sites excluding steroid dienone is 2. The van der Waals surface area contributed by atoms with Crippen LogP contribution >= 0.6 is 0 Å². The van der Waals surface area contributed by atoms with Crippen LogP contribution in [-0.2, 0) is 0 Å². The Morgan fingerprint density at radius 1 is 0.415 bits per heavy atom. The summed E-state index contributed by atoms with van der Waals surface area (Å²) in [5.74, 6) is 0. The Morgan fingerprint density at radius 3 is 0.829 bits per heavy atom. The molecule has 2 atom stereocenters. The third-order valence-corrected chi connectivity index (χ3v) is 9.34. The van der Waals surface area contributed by atoms with Crippen LogP contribution in [0, 0.1) is 13.8 Å². The molecule has 0 spiro atoms. The first-order valence-corrected chi connectivity index (χ1v) is 12.8. The van der Waals surface area contributed by atoms with Gasteiger partial charge in [0.25, 0.3) is 0 Å². The average molecular weight is 585 g/mol. The van der Waals surface area contributed by atoms with Gasteiger partial charge in [0.1, 0.15) is 0 Å². The van der Waals surface area contributed by atoms with Gasteiger partial charge in [0.15, 0.2) is 0 Å². The minimum atomic E-state index is 0. The van der Waals surface area contributed by atoms with Gasteiger partial charge in [-0.1, -0.05) is 52.0 Å². The zero-order chi connectivity index (χ0) is 26.2. The van der Waals surface area contributed by atoms with Gasteiger partial charge in [0.05, 0.1) is 29.9 Å². The van der Waals surface area contributed by atoms with E-state index >= 15 is 0 Å². The zero-order valence-corrected chi connectivity index (χ0v) is 24.7. The van der Waals surface area contributed by atoms with Gasteiger partial charge in [-0.05, 0) is 99.7 Å². The molecule has 0 aliphatic carbocycles. The molecule has 0 radical (unpaired) electrons. The van der Waals surface area contributed by atoms with E-state index in [0.29, 0.717) is 30.6 Å². The van der Waals surface area contributed by atoms with Gasteiger partial charge < -0.3 is 19.6 Å². The molecule has 6 nitrogen and oxygen atoms in total. The highest BCUT2D eigenvalue weighted by Gasteiger charge is 2.34. The molecule has 3 aliphatic rings. The molecule has 1 fully saturated rings. The molecule has 6 heteroatoms. The molecule has 4 rings (SSSR count). The lowest BCUT2D eigenvalue weighted by Gasteiger charge is -2.25. The molecular weight excluding hydrogens is 504 g/mol. The maximum atomic E-state index is 2.41. The van der Waals surface area contributed by atoms with E-state index in [0.717, 1.165) is 0 Å². The van der Waals surface area contributed by atoms with Crippen molar-refractivity contribution >= 4 is 11.4 Å². The summed E-state index contributed by atoms with van der Waals surface area (Å²) in [7, 11) is 13.0. The number of hydrogen-bond donors (Lipinski definition) is 0. The van der Waals surface area contributed by atoms with E-state index in [1.807, 2.05) is 0 Å². The highest BCUT2D eigenvalue weighted by Crippen LogP contribution is 2.39. The molecule has 0 amide bonds. The predicted molar refractivity (Wildman–Crippen MR) is 197 cm³/mol. The fourth-order valence-corrected chi connectivity index (χ4v) is 4.99. The van der Waals surface area contributed by atoms with Crippen LogP contribution in [-0.4, -0.2) is 92.5 Å². The van der Waals surface area contributed by atoms with E-state index in [1.165, 1.54) is 33.9 Å². The van der Waals surface area contributed by atoms with Crippen LogP contribution in [0.15, 0.2) is 23.5 Å². The normalized spacial score (nSPS) is 21.7. The fourth-order valence-electron chi connectivity index (χ4n) is 4.99. The van der Waals surface area contributed by atoms with Crippen LogP contribution in [0.25, 0.3) is 0 Å². The summed E-state index contributed by atoms with van der Waals surface area (Å²) in [5.41, 5.74) is 8.22. The second-order valence-corrected chi connectivity index (χ2v) is 10.7. The molecule has 0 aromatic heterocycles. The maximum absolute atomic E-state index is 2.41. The molecule has 3 heterocycles.